The smallest absolute Gasteiger partial charge is 0.411 e. The van der Waals surface area contributed by atoms with Crippen LogP contribution in [0.5, 0.6) is 11.5 Å². The molecule has 7 nitrogen and oxygen atoms in total. The zero-order chi connectivity index (χ0) is 21.4. The van der Waals surface area contributed by atoms with E-state index in [0.717, 1.165) is 56.7 Å². The van der Waals surface area contributed by atoms with E-state index in [2.05, 4.69) is 30.9 Å². The number of piperazine rings is 1. The van der Waals surface area contributed by atoms with Crippen molar-refractivity contribution in [1.82, 2.24) is 15.1 Å². The van der Waals surface area contributed by atoms with Gasteiger partial charge in [-0.05, 0) is 31.0 Å². The fourth-order valence-electron chi connectivity index (χ4n) is 3.38. The van der Waals surface area contributed by atoms with E-state index in [0.29, 0.717) is 13.0 Å². The molecule has 0 atom stereocenters. The van der Waals surface area contributed by atoms with Crippen LogP contribution in [0.1, 0.15) is 18.9 Å². The van der Waals surface area contributed by atoms with Crippen molar-refractivity contribution in [2.45, 2.75) is 26.1 Å². The Morgan fingerprint density at radius 2 is 1.93 bits per heavy atom. The molecule has 30 heavy (non-hydrogen) atoms. The van der Waals surface area contributed by atoms with E-state index < -0.39 is 12.8 Å². The van der Waals surface area contributed by atoms with Gasteiger partial charge in [0.05, 0.1) is 0 Å². The summed E-state index contributed by atoms with van der Waals surface area (Å²) in [5, 5.41) is 3.27. The Morgan fingerprint density at radius 3 is 2.67 bits per heavy atom. The van der Waals surface area contributed by atoms with Crippen LogP contribution in [0.15, 0.2) is 23.2 Å². The summed E-state index contributed by atoms with van der Waals surface area (Å²) in [5.74, 6) is 2.39. The molecule has 0 unspecified atom stereocenters. The molecule has 2 heterocycles. The summed E-state index contributed by atoms with van der Waals surface area (Å²) in [6.45, 7) is 6.58. The van der Waals surface area contributed by atoms with Crippen molar-refractivity contribution in [2.24, 2.45) is 4.99 Å². The standard InChI is InChI=1S/C20H29F3N4O3/c1-2-24-19(25-6-3-11-28-14-20(21,22)23)27-9-7-26(8-10-27)13-16-4-5-17-18(12-16)30-15-29-17/h4-5,12H,2-3,6-11,13-15H2,1H3,(H,24,25). The Labute approximate surface area is 174 Å². The van der Waals surface area contributed by atoms with Gasteiger partial charge in [0, 0.05) is 52.4 Å². The zero-order valence-corrected chi connectivity index (χ0v) is 17.2. The minimum absolute atomic E-state index is 0.0473. The molecule has 168 valence electrons. The second-order valence-electron chi connectivity index (χ2n) is 7.21. The van der Waals surface area contributed by atoms with Gasteiger partial charge in [-0.2, -0.15) is 13.2 Å². The molecule has 0 aliphatic carbocycles. The van der Waals surface area contributed by atoms with E-state index >= 15 is 0 Å². The van der Waals surface area contributed by atoms with Crippen molar-refractivity contribution >= 4 is 5.96 Å². The first-order valence-electron chi connectivity index (χ1n) is 10.2. The first kappa shape index (κ1) is 22.5. The number of alkyl halides is 3. The van der Waals surface area contributed by atoms with Crippen molar-refractivity contribution in [1.29, 1.82) is 0 Å². The normalized spacial score (nSPS) is 17.5. The van der Waals surface area contributed by atoms with Crippen LogP contribution in [0.2, 0.25) is 0 Å². The third-order valence-corrected chi connectivity index (χ3v) is 4.82. The molecule has 0 radical (unpaired) electrons. The first-order valence-corrected chi connectivity index (χ1v) is 10.2. The van der Waals surface area contributed by atoms with Crippen molar-refractivity contribution in [2.75, 3.05) is 59.3 Å². The Bertz CT molecular complexity index is 707. The fraction of sp³-hybridized carbons (Fsp3) is 0.650. The van der Waals surface area contributed by atoms with Gasteiger partial charge < -0.3 is 24.4 Å². The average molecular weight is 430 g/mol. The van der Waals surface area contributed by atoms with Gasteiger partial charge in [-0.15, -0.1) is 0 Å². The van der Waals surface area contributed by atoms with Crippen molar-refractivity contribution < 1.29 is 27.4 Å². The molecule has 1 aromatic carbocycles. The summed E-state index contributed by atoms with van der Waals surface area (Å²) in [6.07, 6.45) is -3.83. The predicted octanol–water partition coefficient (Wildman–Crippen LogP) is 2.47. The Balaban J connectivity index is 1.42. The van der Waals surface area contributed by atoms with Crippen LogP contribution in [0.25, 0.3) is 0 Å². The van der Waals surface area contributed by atoms with Crippen molar-refractivity contribution in [3.8, 4) is 11.5 Å². The molecule has 0 bridgehead atoms. The molecular weight excluding hydrogens is 401 g/mol. The molecule has 2 aliphatic rings. The van der Waals surface area contributed by atoms with E-state index in [9.17, 15) is 13.2 Å². The number of hydrogen-bond donors (Lipinski definition) is 1. The number of ether oxygens (including phenoxy) is 3. The maximum absolute atomic E-state index is 12.1. The number of nitrogens with zero attached hydrogens (tertiary/aromatic N) is 3. The number of halogens is 3. The minimum Gasteiger partial charge on any atom is -0.454 e. The van der Waals surface area contributed by atoms with Crippen LogP contribution in [0.4, 0.5) is 13.2 Å². The highest BCUT2D eigenvalue weighted by atomic mass is 19.4. The lowest BCUT2D eigenvalue weighted by Gasteiger charge is -2.36. The van der Waals surface area contributed by atoms with Gasteiger partial charge in [-0.1, -0.05) is 6.07 Å². The van der Waals surface area contributed by atoms with Crippen molar-refractivity contribution in [3.63, 3.8) is 0 Å². The van der Waals surface area contributed by atoms with Gasteiger partial charge in [-0.25, -0.2) is 0 Å². The number of fused-ring (bicyclic) bond motifs is 1. The lowest BCUT2D eigenvalue weighted by atomic mass is 10.1. The summed E-state index contributed by atoms with van der Waals surface area (Å²) in [4.78, 5) is 9.11. The van der Waals surface area contributed by atoms with Crippen LogP contribution in [0, 0.1) is 0 Å². The van der Waals surface area contributed by atoms with Gasteiger partial charge in [0.2, 0.25) is 6.79 Å². The van der Waals surface area contributed by atoms with E-state index in [-0.39, 0.29) is 13.4 Å². The maximum Gasteiger partial charge on any atom is 0.411 e. The molecule has 3 rings (SSSR count). The lowest BCUT2D eigenvalue weighted by molar-refractivity contribution is -0.173. The number of hydrogen-bond acceptors (Lipinski definition) is 5. The third-order valence-electron chi connectivity index (χ3n) is 4.82. The molecule has 0 amide bonds. The van der Waals surface area contributed by atoms with E-state index in [1.54, 1.807) is 0 Å². The number of rotatable bonds is 8. The zero-order valence-electron chi connectivity index (χ0n) is 17.2. The van der Waals surface area contributed by atoms with Crippen LogP contribution in [0.3, 0.4) is 0 Å². The largest absolute Gasteiger partial charge is 0.454 e. The predicted molar refractivity (Wildman–Crippen MR) is 107 cm³/mol. The van der Waals surface area contributed by atoms with E-state index in [4.69, 9.17) is 9.47 Å². The summed E-state index contributed by atoms with van der Waals surface area (Å²) in [6, 6.07) is 6.04. The topological polar surface area (TPSA) is 58.6 Å². The highest BCUT2D eigenvalue weighted by Crippen LogP contribution is 2.32. The van der Waals surface area contributed by atoms with Gasteiger partial charge in [0.15, 0.2) is 17.5 Å². The summed E-state index contributed by atoms with van der Waals surface area (Å²) < 4.78 is 51.7. The molecule has 1 N–H and O–H groups in total. The second-order valence-corrected chi connectivity index (χ2v) is 7.21. The SMILES string of the molecule is CCNC(=NCCCOCC(F)(F)F)N1CCN(Cc2ccc3c(c2)OCO3)CC1. The highest BCUT2D eigenvalue weighted by molar-refractivity contribution is 5.80. The number of guanidine groups is 1. The highest BCUT2D eigenvalue weighted by Gasteiger charge is 2.27. The fourth-order valence-corrected chi connectivity index (χ4v) is 3.38. The number of aliphatic imine (C=N–C) groups is 1. The molecule has 0 saturated carbocycles. The molecule has 2 aliphatic heterocycles. The Kier molecular flexibility index (Phi) is 8.03. The molecule has 1 fully saturated rings. The van der Waals surface area contributed by atoms with Gasteiger partial charge >= 0.3 is 6.18 Å². The van der Waals surface area contributed by atoms with E-state index in [1.807, 2.05) is 19.1 Å². The summed E-state index contributed by atoms with van der Waals surface area (Å²) in [5.41, 5.74) is 1.19. The number of benzene rings is 1. The first-order chi connectivity index (χ1) is 14.4. The van der Waals surface area contributed by atoms with E-state index in [1.165, 1.54) is 5.56 Å². The lowest BCUT2D eigenvalue weighted by Crippen LogP contribution is -2.52. The number of nitrogens with one attached hydrogen (secondary N) is 1. The molecule has 0 aromatic heterocycles. The molecule has 1 aromatic rings. The van der Waals surface area contributed by atoms with Gasteiger partial charge in [0.25, 0.3) is 0 Å². The quantitative estimate of drug-likeness (QED) is 0.389. The molecule has 1 saturated heterocycles. The Morgan fingerprint density at radius 1 is 1.17 bits per heavy atom. The summed E-state index contributed by atoms with van der Waals surface area (Å²) >= 11 is 0. The summed E-state index contributed by atoms with van der Waals surface area (Å²) in [7, 11) is 0. The van der Waals surface area contributed by atoms with Crippen LogP contribution in [-0.4, -0.2) is 81.2 Å². The van der Waals surface area contributed by atoms with Crippen molar-refractivity contribution in [3.05, 3.63) is 23.8 Å². The maximum atomic E-state index is 12.1. The van der Waals surface area contributed by atoms with Crippen LogP contribution < -0.4 is 14.8 Å². The molecule has 10 heteroatoms. The Hall–Kier alpha value is -2.20. The third kappa shape index (κ3) is 6.94. The van der Waals surface area contributed by atoms with Gasteiger partial charge in [0.1, 0.15) is 6.61 Å². The molecular formula is C20H29F3N4O3. The minimum atomic E-state index is -4.28. The average Bonchev–Trinajstić information content (AvgIpc) is 3.17. The monoisotopic (exact) mass is 430 g/mol. The molecule has 0 spiro atoms. The second kappa shape index (κ2) is 10.7. The van der Waals surface area contributed by atoms with Crippen LogP contribution in [-0.2, 0) is 11.3 Å². The van der Waals surface area contributed by atoms with Crippen LogP contribution >= 0.6 is 0 Å². The van der Waals surface area contributed by atoms with Gasteiger partial charge in [-0.3, -0.25) is 9.89 Å².